The SMILES string of the molecule is COc1ccc(N2CCN(C(=O)c3cn(-c4ccccc4)nc3-c3ccccc3OC)CC2)cc1. The zero-order chi connectivity index (χ0) is 24.2. The predicted octanol–water partition coefficient (Wildman–Crippen LogP) is 4.52. The summed E-state index contributed by atoms with van der Waals surface area (Å²) in [6, 6.07) is 25.5. The fraction of sp³-hybridized carbons (Fsp3) is 0.214. The third-order valence-corrected chi connectivity index (χ3v) is 6.33. The van der Waals surface area contributed by atoms with Gasteiger partial charge in [0.15, 0.2) is 0 Å². The van der Waals surface area contributed by atoms with Crippen molar-refractivity contribution in [3.63, 3.8) is 0 Å². The van der Waals surface area contributed by atoms with Crippen molar-refractivity contribution in [2.24, 2.45) is 0 Å². The highest BCUT2D eigenvalue weighted by atomic mass is 16.5. The second-order valence-corrected chi connectivity index (χ2v) is 8.35. The molecule has 4 aromatic rings. The van der Waals surface area contributed by atoms with Gasteiger partial charge in [-0.05, 0) is 48.5 Å². The minimum atomic E-state index is -0.0255. The maximum absolute atomic E-state index is 13.8. The molecule has 178 valence electrons. The number of para-hydroxylation sites is 2. The summed E-state index contributed by atoms with van der Waals surface area (Å²) in [5.41, 5.74) is 4.01. The molecule has 0 spiro atoms. The third-order valence-electron chi connectivity index (χ3n) is 6.33. The topological polar surface area (TPSA) is 59.8 Å². The Morgan fingerprint density at radius 2 is 1.46 bits per heavy atom. The van der Waals surface area contributed by atoms with Crippen LogP contribution < -0.4 is 14.4 Å². The highest BCUT2D eigenvalue weighted by Gasteiger charge is 2.27. The number of piperazine rings is 1. The number of carbonyl (C=O) groups is 1. The van der Waals surface area contributed by atoms with Crippen LogP contribution in [0.3, 0.4) is 0 Å². The summed E-state index contributed by atoms with van der Waals surface area (Å²) >= 11 is 0. The minimum Gasteiger partial charge on any atom is -0.497 e. The van der Waals surface area contributed by atoms with E-state index in [0.717, 1.165) is 35.8 Å². The first-order chi connectivity index (χ1) is 17.2. The number of aromatic nitrogens is 2. The molecule has 0 N–H and O–H groups in total. The van der Waals surface area contributed by atoms with Crippen LogP contribution in [0.2, 0.25) is 0 Å². The molecular weight excluding hydrogens is 440 g/mol. The smallest absolute Gasteiger partial charge is 0.257 e. The number of nitrogens with zero attached hydrogens (tertiary/aromatic N) is 4. The Balaban J connectivity index is 1.42. The average Bonchev–Trinajstić information content (AvgIpc) is 3.38. The first-order valence-corrected chi connectivity index (χ1v) is 11.6. The lowest BCUT2D eigenvalue weighted by molar-refractivity contribution is 0.0747. The molecule has 1 aliphatic heterocycles. The molecule has 0 unspecified atom stereocenters. The Labute approximate surface area is 205 Å². The largest absolute Gasteiger partial charge is 0.497 e. The molecule has 0 aliphatic carbocycles. The van der Waals surface area contributed by atoms with Crippen LogP contribution in [0, 0.1) is 0 Å². The van der Waals surface area contributed by atoms with E-state index in [-0.39, 0.29) is 5.91 Å². The van der Waals surface area contributed by atoms with E-state index in [9.17, 15) is 4.79 Å². The van der Waals surface area contributed by atoms with Crippen LogP contribution >= 0.6 is 0 Å². The van der Waals surface area contributed by atoms with Crippen LogP contribution in [0.15, 0.2) is 85.1 Å². The summed E-state index contributed by atoms with van der Waals surface area (Å²) in [6.07, 6.45) is 1.83. The molecular formula is C28H28N4O3. The van der Waals surface area contributed by atoms with E-state index >= 15 is 0 Å². The molecule has 1 aromatic heterocycles. The zero-order valence-corrected chi connectivity index (χ0v) is 19.9. The van der Waals surface area contributed by atoms with Crippen molar-refractivity contribution in [3.8, 4) is 28.4 Å². The van der Waals surface area contributed by atoms with E-state index in [1.165, 1.54) is 0 Å². The van der Waals surface area contributed by atoms with Crippen LogP contribution in [0.4, 0.5) is 5.69 Å². The van der Waals surface area contributed by atoms with Crippen LogP contribution in [0.1, 0.15) is 10.4 Å². The van der Waals surface area contributed by atoms with E-state index in [2.05, 4.69) is 17.0 Å². The lowest BCUT2D eigenvalue weighted by Crippen LogP contribution is -2.48. The number of methoxy groups -OCH3 is 2. The molecule has 0 bridgehead atoms. The van der Waals surface area contributed by atoms with Gasteiger partial charge in [0.25, 0.3) is 5.91 Å². The van der Waals surface area contributed by atoms with Gasteiger partial charge in [0.1, 0.15) is 17.2 Å². The van der Waals surface area contributed by atoms with Crippen molar-refractivity contribution in [1.29, 1.82) is 0 Å². The van der Waals surface area contributed by atoms with Crippen molar-refractivity contribution < 1.29 is 14.3 Å². The second kappa shape index (κ2) is 9.93. The monoisotopic (exact) mass is 468 g/mol. The van der Waals surface area contributed by atoms with Crippen molar-refractivity contribution in [2.45, 2.75) is 0 Å². The molecule has 7 nitrogen and oxygen atoms in total. The maximum Gasteiger partial charge on any atom is 0.257 e. The zero-order valence-electron chi connectivity index (χ0n) is 19.9. The van der Waals surface area contributed by atoms with Gasteiger partial charge in [-0.15, -0.1) is 0 Å². The Bertz CT molecular complexity index is 1290. The molecule has 3 aromatic carbocycles. The number of amides is 1. The Morgan fingerprint density at radius 1 is 0.771 bits per heavy atom. The molecule has 7 heteroatoms. The molecule has 35 heavy (non-hydrogen) atoms. The lowest BCUT2D eigenvalue weighted by Gasteiger charge is -2.36. The summed E-state index contributed by atoms with van der Waals surface area (Å²) < 4.78 is 12.6. The van der Waals surface area contributed by atoms with Gasteiger partial charge in [-0.25, -0.2) is 4.68 Å². The number of hydrogen-bond acceptors (Lipinski definition) is 5. The maximum atomic E-state index is 13.8. The molecule has 2 heterocycles. The van der Waals surface area contributed by atoms with Crippen molar-refractivity contribution >= 4 is 11.6 Å². The Hall–Kier alpha value is -4.26. The van der Waals surface area contributed by atoms with Gasteiger partial charge >= 0.3 is 0 Å². The Morgan fingerprint density at radius 3 is 2.14 bits per heavy atom. The van der Waals surface area contributed by atoms with Gasteiger partial charge < -0.3 is 19.3 Å². The highest BCUT2D eigenvalue weighted by molar-refractivity contribution is 6.00. The fourth-order valence-corrected chi connectivity index (χ4v) is 4.41. The van der Waals surface area contributed by atoms with Crippen LogP contribution in [-0.4, -0.2) is 61.0 Å². The fourth-order valence-electron chi connectivity index (χ4n) is 4.41. The third kappa shape index (κ3) is 4.57. The molecule has 5 rings (SSSR count). The number of hydrogen-bond donors (Lipinski definition) is 0. The predicted molar refractivity (Wildman–Crippen MR) is 137 cm³/mol. The van der Waals surface area contributed by atoms with E-state index < -0.39 is 0 Å². The van der Waals surface area contributed by atoms with E-state index in [4.69, 9.17) is 14.6 Å². The van der Waals surface area contributed by atoms with Gasteiger partial charge in [-0.1, -0.05) is 30.3 Å². The highest BCUT2D eigenvalue weighted by Crippen LogP contribution is 2.32. The van der Waals surface area contributed by atoms with Gasteiger partial charge in [0.05, 0.1) is 25.5 Å². The molecule has 1 amide bonds. The van der Waals surface area contributed by atoms with Crippen LogP contribution in [0.5, 0.6) is 11.5 Å². The van der Waals surface area contributed by atoms with Crippen molar-refractivity contribution in [2.75, 3.05) is 45.3 Å². The van der Waals surface area contributed by atoms with Crippen molar-refractivity contribution in [3.05, 3.63) is 90.6 Å². The summed E-state index contributed by atoms with van der Waals surface area (Å²) in [5, 5.41) is 4.82. The van der Waals surface area contributed by atoms with Gasteiger partial charge in [0.2, 0.25) is 0 Å². The van der Waals surface area contributed by atoms with Gasteiger partial charge in [0, 0.05) is 43.6 Å². The first kappa shape index (κ1) is 22.5. The normalized spacial score (nSPS) is 13.5. The summed E-state index contributed by atoms with van der Waals surface area (Å²) in [7, 11) is 3.30. The van der Waals surface area contributed by atoms with Gasteiger partial charge in [-0.2, -0.15) is 5.10 Å². The van der Waals surface area contributed by atoms with E-state index in [1.54, 1.807) is 18.9 Å². The Kier molecular flexibility index (Phi) is 6.39. The lowest BCUT2D eigenvalue weighted by atomic mass is 10.1. The first-order valence-electron chi connectivity index (χ1n) is 11.6. The van der Waals surface area contributed by atoms with Crippen LogP contribution in [-0.2, 0) is 0 Å². The quantitative estimate of drug-likeness (QED) is 0.417. The number of benzene rings is 3. The average molecular weight is 469 g/mol. The second-order valence-electron chi connectivity index (χ2n) is 8.35. The number of anilines is 1. The van der Waals surface area contributed by atoms with E-state index in [0.29, 0.717) is 30.1 Å². The summed E-state index contributed by atoms with van der Waals surface area (Å²) in [6.45, 7) is 2.78. The molecule has 0 saturated carbocycles. The van der Waals surface area contributed by atoms with Gasteiger partial charge in [-0.3, -0.25) is 4.79 Å². The molecule has 1 fully saturated rings. The summed E-state index contributed by atoms with van der Waals surface area (Å²) in [4.78, 5) is 18.0. The van der Waals surface area contributed by atoms with E-state index in [1.807, 2.05) is 77.8 Å². The molecule has 1 saturated heterocycles. The van der Waals surface area contributed by atoms with Crippen LogP contribution in [0.25, 0.3) is 16.9 Å². The molecule has 0 atom stereocenters. The number of rotatable bonds is 6. The number of carbonyl (C=O) groups excluding carboxylic acids is 1. The number of ether oxygens (including phenoxy) is 2. The minimum absolute atomic E-state index is 0.0255. The molecule has 1 aliphatic rings. The summed E-state index contributed by atoms with van der Waals surface area (Å²) in [5.74, 6) is 1.49. The molecule has 0 radical (unpaired) electrons. The van der Waals surface area contributed by atoms with Crippen molar-refractivity contribution in [1.82, 2.24) is 14.7 Å². The standard InChI is InChI=1S/C28H28N4O3/c1-34-23-14-12-21(13-15-23)30-16-18-31(19-17-30)28(33)25-20-32(22-8-4-3-5-9-22)29-27(25)24-10-6-7-11-26(24)35-2/h3-15,20H,16-19H2,1-2H3.